The third-order valence-electron chi connectivity index (χ3n) is 5.23. The maximum atomic E-state index is 13.1. The predicted octanol–water partition coefficient (Wildman–Crippen LogP) is 4.72. The van der Waals surface area contributed by atoms with Gasteiger partial charge in [-0.1, -0.05) is 17.4 Å². The van der Waals surface area contributed by atoms with Gasteiger partial charge in [0.25, 0.3) is 15.9 Å². The number of nitrogens with zero attached hydrogens (tertiary/aromatic N) is 2. The second-order valence-electron chi connectivity index (χ2n) is 7.45. The van der Waals surface area contributed by atoms with Gasteiger partial charge in [0, 0.05) is 17.8 Å². The number of halogens is 1. The molecule has 0 aliphatic rings. The van der Waals surface area contributed by atoms with Crippen LogP contribution in [0.5, 0.6) is 5.75 Å². The summed E-state index contributed by atoms with van der Waals surface area (Å²) in [5, 5.41) is 0. The number of sulfonamides is 1. The first-order chi connectivity index (χ1) is 16.2. The summed E-state index contributed by atoms with van der Waals surface area (Å²) in [4.78, 5) is 17.7. The number of methoxy groups -OCH3 is 1. The van der Waals surface area contributed by atoms with Crippen LogP contribution in [0.1, 0.15) is 22.8 Å². The number of aryl methyl sites for hydroxylation is 2. The molecule has 0 aliphatic carbocycles. The van der Waals surface area contributed by atoms with Gasteiger partial charge in [0.15, 0.2) is 4.80 Å². The molecule has 1 amide bonds. The molecule has 1 aromatic heterocycles. The average Bonchev–Trinajstić information content (AvgIpc) is 3.18. The third kappa shape index (κ3) is 4.59. The lowest BCUT2D eigenvalue weighted by atomic mass is 10.2. The number of hydrogen-bond acceptors (Lipinski definition) is 5. The van der Waals surface area contributed by atoms with Gasteiger partial charge in [-0.25, -0.2) is 12.8 Å². The van der Waals surface area contributed by atoms with E-state index in [1.807, 2.05) is 30.5 Å². The van der Waals surface area contributed by atoms with Gasteiger partial charge in [0.2, 0.25) is 0 Å². The summed E-state index contributed by atoms with van der Waals surface area (Å²) in [7, 11) is -2.28. The van der Waals surface area contributed by atoms with Crippen molar-refractivity contribution in [3.8, 4) is 5.75 Å². The Labute approximate surface area is 200 Å². The van der Waals surface area contributed by atoms with Crippen molar-refractivity contribution < 1.29 is 22.3 Å². The fourth-order valence-corrected chi connectivity index (χ4v) is 5.72. The lowest BCUT2D eigenvalue weighted by Gasteiger charge is -2.08. The molecule has 1 N–H and O–H groups in total. The molecule has 0 bridgehead atoms. The first-order valence-corrected chi connectivity index (χ1v) is 12.7. The Balaban J connectivity index is 1.63. The van der Waals surface area contributed by atoms with Crippen LogP contribution < -0.4 is 14.3 Å². The summed E-state index contributed by atoms with van der Waals surface area (Å²) in [6.07, 6.45) is 0. The third-order valence-corrected chi connectivity index (χ3v) is 7.84. The zero-order valence-corrected chi connectivity index (χ0v) is 20.3. The van der Waals surface area contributed by atoms with Gasteiger partial charge in [-0.3, -0.25) is 9.52 Å². The highest BCUT2D eigenvalue weighted by molar-refractivity contribution is 7.92. The molecule has 34 heavy (non-hydrogen) atoms. The van der Waals surface area contributed by atoms with Gasteiger partial charge in [-0.15, -0.1) is 0 Å². The Kier molecular flexibility index (Phi) is 6.54. The number of rotatable bonds is 6. The minimum absolute atomic E-state index is 0.0661. The molecule has 176 valence electrons. The van der Waals surface area contributed by atoms with Gasteiger partial charge < -0.3 is 9.30 Å². The second-order valence-corrected chi connectivity index (χ2v) is 10.1. The summed E-state index contributed by atoms with van der Waals surface area (Å²) in [5.41, 5.74) is 2.54. The number of hydrogen-bond donors (Lipinski definition) is 1. The van der Waals surface area contributed by atoms with Gasteiger partial charge in [0.05, 0.1) is 16.7 Å². The second kappa shape index (κ2) is 9.40. The maximum absolute atomic E-state index is 13.1. The zero-order valence-electron chi connectivity index (χ0n) is 18.7. The van der Waals surface area contributed by atoms with Crippen molar-refractivity contribution in [2.45, 2.75) is 25.3 Å². The number of fused-ring (bicyclic) bond motifs is 1. The van der Waals surface area contributed by atoms with E-state index in [9.17, 15) is 17.6 Å². The van der Waals surface area contributed by atoms with E-state index < -0.39 is 21.7 Å². The highest BCUT2D eigenvalue weighted by Gasteiger charge is 2.16. The van der Waals surface area contributed by atoms with Crippen molar-refractivity contribution in [2.24, 2.45) is 4.99 Å². The molecule has 3 aromatic carbocycles. The monoisotopic (exact) mass is 499 g/mol. The van der Waals surface area contributed by atoms with Crippen molar-refractivity contribution in [3.63, 3.8) is 0 Å². The summed E-state index contributed by atoms with van der Waals surface area (Å²) in [5.74, 6) is -0.258. The number of carbonyl (C=O) groups is 1. The van der Waals surface area contributed by atoms with E-state index in [2.05, 4.69) is 9.71 Å². The molecule has 7 nitrogen and oxygen atoms in total. The highest BCUT2D eigenvalue weighted by atomic mass is 32.2. The summed E-state index contributed by atoms with van der Waals surface area (Å²) < 4.78 is 48.9. The average molecular weight is 500 g/mol. The van der Waals surface area contributed by atoms with Gasteiger partial charge in [0.1, 0.15) is 17.1 Å². The number of thiazole rings is 1. The van der Waals surface area contributed by atoms with Crippen LogP contribution in [0.4, 0.5) is 10.1 Å². The quantitative estimate of drug-likeness (QED) is 0.416. The minimum Gasteiger partial charge on any atom is -0.495 e. The smallest absolute Gasteiger partial charge is 0.279 e. The molecule has 0 radical (unpaired) electrons. The molecule has 0 saturated heterocycles. The number of carbonyl (C=O) groups excluding carboxylic acids is 1. The summed E-state index contributed by atoms with van der Waals surface area (Å²) in [6.45, 7) is 4.57. The molecular weight excluding hydrogens is 477 g/mol. The number of aromatic nitrogens is 1. The minimum atomic E-state index is -3.88. The fraction of sp³-hybridized carbons (Fsp3) is 0.167. The van der Waals surface area contributed by atoms with E-state index in [-0.39, 0.29) is 10.6 Å². The van der Waals surface area contributed by atoms with Crippen LogP contribution in [-0.4, -0.2) is 26.0 Å². The molecule has 0 unspecified atom stereocenters. The molecule has 0 aliphatic heterocycles. The summed E-state index contributed by atoms with van der Waals surface area (Å²) >= 11 is 1.41. The van der Waals surface area contributed by atoms with E-state index in [1.54, 1.807) is 7.11 Å². The van der Waals surface area contributed by atoms with E-state index in [0.717, 1.165) is 27.9 Å². The first-order valence-electron chi connectivity index (χ1n) is 10.4. The lowest BCUT2D eigenvalue weighted by Crippen LogP contribution is -2.16. The van der Waals surface area contributed by atoms with Crippen molar-refractivity contribution in [1.29, 1.82) is 0 Å². The zero-order chi connectivity index (χ0) is 24.5. The van der Waals surface area contributed by atoms with E-state index in [4.69, 9.17) is 4.74 Å². The molecule has 0 atom stereocenters. The van der Waals surface area contributed by atoms with Crippen LogP contribution >= 0.6 is 11.3 Å². The normalized spacial score (nSPS) is 12.2. The van der Waals surface area contributed by atoms with Crippen molar-refractivity contribution in [1.82, 2.24) is 4.57 Å². The van der Waals surface area contributed by atoms with Crippen LogP contribution in [0.15, 0.2) is 70.6 Å². The Morgan fingerprint density at radius 2 is 1.76 bits per heavy atom. The molecule has 1 heterocycles. The van der Waals surface area contributed by atoms with E-state index >= 15 is 0 Å². The van der Waals surface area contributed by atoms with Gasteiger partial charge in [-0.05, 0) is 74.0 Å². The number of nitrogens with one attached hydrogen (secondary N) is 1. The molecule has 0 saturated carbocycles. The maximum Gasteiger partial charge on any atom is 0.279 e. The van der Waals surface area contributed by atoms with Gasteiger partial charge in [-0.2, -0.15) is 4.99 Å². The van der Waals surface area contributed by atoms with Crippen LogP contribution in [-0.2, 0) is 16.6 Å². The standard InChI is InChI=1S/C24H22FN3O4S2/c1-4-28-21-20(32-3)14-5-15(2)22(21)33-24(28)26-23(29)16-6-10-18(11-7-16)27-34(30,31)19-12-8-17(25)9-13-19/h5-14,27H,4H2,1-3H3. The van der Waals surface area contributed by atoms with Gasteiger partial charge >= 0.3 is 0 Å². The van der Waals surface area contributed by atoms with Crippen LogP contribution in [0.2, 0.25) is 0 Å². The number of anilines is 1. The largest absolute Gasteiger partial charge is 0.495 e. The number of benzene rings is 3. The topological polar surface area (TPSA) is 89.8 Å². The predicted molar refractivity (Wildman–Crippen MR) is 130 cm³/mol. The van der Waals surface area contributed by atoms with Crippen LogP contribution in [0.3, 0.4) is 0 Å². The molecule has 0 fully saturated rings. The molecule has 0 spiro atoms. The molecule has 4 rings (SSSR count). The van der Waals surface area contributed by atoms with Crippen LogP contribution in [0.25, 0.3) is 10.2 Å². The lowest BCUT2D eigenvalue weighted by molar-refractivity contribution is 0.0998. The Morgan fingerprint density at radius 3 is 2.38 bits per heavy atom. The Morgan fingerprint density at radius 1 is 1.09 bits per heavy atom. The van der Waals surface area contributed by atoms with Crippen molar-refractivity contribution >= 4 is 43.2 Å². The molecular formula is C24H22FN3O4S2. The molecule has 4 aromatic rings. The van der Waals surface area contributed by atoms with E-state index in [1.165, 1.54) is 47.7 Å². The van der Waals surface area contributed by atoms with E-state index in [0.29, 0.717) is 22.7 Å². The molecule has 10 heteroatoms. The summed E-state index contributed by atoms with van der Waals surface area (Å²) in [6, 6.07) is 14.3. The first kappa shape index (κ1) is 23.7. The van der Waals surface area contributed by atoms with Crippen molar-refractivity contribution in [2.75, 3.05) is 11.8 Å². The Hall–Kier alpha value is -3.50. The SMILES string of the molecule is CCn1c(=NC(=O)c2ccc(NS(=O)(=O)c3ccc(F)cc3)cc2)sc2c(C)ccc(OC)c21. The van der Waals surface area contributed by atoms with Crippen molar-refractivity contribution in [3.05, 3.63) is 82.4 Å². The number of ether oxygens (including phenoxy) is 1. The highest BCUT2D eigenvalue weighted by Crippen LogP contribution is 2.30. The fourth-order valence-electron chi connectivity index (χ4n) is 3.48. The van der Waals surface area contributed by atoms with Crippen LogP contribution in [0, 0.1) is 12.7 Å². The Bertz CT molecular complexity index is 1540. The number of amides is 1.